The average molecular weight is 295 g/mol. The van der Waals surface area contributed by atoms with Gasteiger partial charge in [0.1, 0.15) is 0 Å². The van der Waals surface area contributed by atoms with Gasteiger partial charge < -0.3 is 15.2 Å². The minimum Gasteiger partial charge on any atom is -0.494 e. The fraction of sp³-hybridized carbons (Fsp3) is 0.647. The van der Waals surface area contributed by atoms with Crippen molar-refractivity contribution in [1.82, 2.24) is 5.32 Å². The first kappa shape index (κ1) is 16.2. The first-order valence-electron chi connectivity index (χ1n) is 7.59. The lowest BCUT2D eigenvalue weighted by Gasteiger charge is -2.40. The van der Waals surface area contributed by atoms with Gasteiger partial charge in [-0.1, -0.05) is 19.9 Å². The van der Waals surface area contributed by atoms with Crippen LogP contribution in [0.5, 0.6) is 5.75 Å². The van der Waals surface area contributed by atoms with Crippen LogP contribution in [0, 0.1) is 11.2 Å². The van der Waals surface area contributed by atoms with Gasteiger partial charge in [-0.2, -0.15) is 0 Å². The SMILES string of the molecule is COc1ccc(CNCC2(O)CCC(C)(C)CC2)cc1F. The predicted octanol–water partition coefficient (Wildman–Crippen LogP) is 3.26. The molecule has 1 fully saturated rings. The topological polar surface area (TPSA) is 41.5 Å². The molecule has 2 N–H and O–H groups in total. The number of halogens is 1. The maximum atomic E-state index is 13.6. The highest BCUT2D eigenvalue weighted by atomic mass is 19.1. The molecule has 1 saturated carbocycles. The third kappa shape index (κ3) is 4.42. The lowest BCUT2D eigenvalue weighted by Crippen LogP contribution is -2.44. The lowest BCUT2D eigenvalue weighted by molar-refractivity contribution is -0.0245. The molecule has 4 heteroatoms. The number of rotatable bonds is 5. The molecule has 0 bridgehead atoms. The van der Waals surface area contributed by atoms with Crippen molar-refractivity contribution in [3.63, 3.8) is 0 Å². The van der Waals surface area contributed by atoms with Crippen molar-refractivity contribution in [3.8, 4) is 5.75 Å². The number of hydrogen-bond acceptors (Lipinski definition) is 3. The second-order valence-electron chi connectivity index (χ2n) is 6.96. The molecule has 0 atom stereocenters. The highest BCUT2D eigenvalue weighted by Gasteiger charge is 2.36. The van der Waals surface area contributed by atoms with E-state index >= 15 is 0 Å². The molecule has 0 aliphatic heterocycles. The Hall–Kier alpha value is -1.13. The lowest BCUT2D eigenvalue weighted by atomic mass is 9.71. The Labute approximate surface area is 126 Å². The second-order valence-corrected chi connectivity index (χ2v) is 6.96. The van der Waals surface area contributed by atoms with Crippen LogP contribution in [-0.2, 0) is 6.54 Å². The van der Waals surface area contributed by atoms with E-state index in [4.69, 9.17) is 4.74 Å². The molecule has 21 heavy (non-hydrogen) atoms. The first-order chi connectivity index (χ1) is 9.84. The fourth-order valence-electron chi connectivity index (χ4n) is 2.83. The summed E-state index contributed by atoms with van der Waals surface area (Å²) in [6, 6.07) is 4.94. The molecule has 0 radical (unpaired) electrons. The molecule has 0 heterocycles. The number of nitrogens with one attached hydrogen (secondary N) is 1. The summed E-state index contributed by atoms with van der Waals surface area (Å²) in [4.78, 5) is 0. The molecule has 0 spiro atoms. The number of ether oxygens (including phenoxy) is 1. The summed E-state index contributed by atoms with van der Waals surface area (Å²) < 4.78 is 18.5. The summed E-state index contributed by atoms with van der Waals surface area (Å²) in [5.41, 5.74) is 0.569. The van der Waals surface area contributed by atoms with Crippen LogP contribution >= 0.6 is 0 Å². The summed E-state index contributed by atoms with van der Waals surface area (Å²) in [7, 11) is 1.45. The average Bonchev–Trinajstić information content (AvgIpc) is 2.43. The maximum Gasteiger partial charge on any atom is 0.165 e. The Bertz CT molecular complexity index is 478. The normalized spacial score (nSPS) is 20.2. The molecule has 1 aromatic carbocycles. The van der Waals surface area contributed by atoms with Crippen LogP contribution in [0.4, 0.5) is 4.39 Å². The third-order valence-electron chi connectivity index (χ3n) is 4.53. The summed E-state index contributed by atoms with van der Waals surface area (Å²) in [5, 5.41) is 13.8. The van der Waals surface area contributed by atoms with Crippen molar-refractivity contribution < 1.29 is 14.2 Å². The van der Waals surface area contributed by atoms with E-state index in [1.54, 1.807) is 6.07 Å². The summed E-state index contributed by atoms with van der Waals surface area (Å²) in [6.45, 7) is 5.60. The highest BCUT2D eigenvalue weighted by Crippen LogP contribution is 2.39. The number of aliphatic hydroxyl groups is 1. The Morgan fingerprint density at radius 3 is 2.48 bits per heavy atom. The Balaban J connectivity index is 1.83. The van der Waals surface area contributed by atoms with Crippen molar-refractivity contribution in [1.29, 1.82) is 0 Å². The molecular weight excluding hydrogens is 269 g/mol. The van der Waals surface area contributed by atoms with Gasteiger partial charge in [-0.05, 0) is 48.8 Å². The van der Waals surface area contributed by atoms with Crippen molar-refractivity contribution in [2.45, 2.75) is 51.7 Å². The van der Waals surface area contributed by atoms with E-state index in [0.29, 0.717) is 18.5 Å². The van der Waals surface area contributed by atoms with E-state index in [1.807, 2.05) is 6.07 Å². The Morgan fingerprint density at radius 1 is 1.24 bits per heavy atom. The molecular formula is C17H26FNO2. The molecule has 1 aromatic rings. The molecule has 1 aliphatic carbocycles. The van der Waals surface area contributed by atoms with Gasteiger partial charge in [-0.25, -0.2) is 4.39 Å². The molecule has 0 amide bonds. The molecule has 0 unspecified atom stereocenters. The van der Waals surface area contributed by atoms with Crippen LogP contribution in [0.2, 0.25) is 0 Å². The van der Waals surface area contributed by atoms with Gasteiger partial charge in [0.2, 0.25) is 0 Å². The zero-order valence-corrected chi connectivity index (χ0v) is 13.2. The Kier molecular flexibility index (Phi) is 4.89. The van der Waals surface area contributed by atoms with Crippen molar-refractivity contribution in [3.05, 3.63) is 29.6 Å². The van der Waals surface area contributed by atoms with E-state index < -0.39 is 5.60 Å². The fourth-order valence-corrected chi connectivity index (χ4v) is 2.83. The zero-order valence-electron chi connectivity index (χ0n) is 13.2. The predicted molar refractivity (Wildman–Crippen MR) is 81.9 cm³/mol. The zero-order chi connectivity index (χ0) is 15.5. The first-order valence-corrected chi connectivity index (χ1v) is 7.59. The van der Waals surface area contributed by atoms with Crippen molar-refractivity contribution in [2.75, 3.05) is 13.7 Å². The standard InChI is InChI=1S/C17H26FNO2/c1-16(2)6-8-17(20,9-7-16)12-19-11-13-4-5-15(21-3)14(18)10-13/h4-5,10,19-20H,6-9,11-12H2,1-3H3. The summed E-state index contributed by atoms with van der Waals surface area (Å²) >= 11 is 0. The van der Waals surface area contributed by atoms with Gasteiger partial charge >= 0.3 is 0 Å². The minimum absolute atomic E-state index is 0.256. The van der Waals surface area contributed by atoms with Gasteiger partial charge in [0.05, 0.1) is 12.7 Å². The smallest absolute Gasteiger partial charge is 0.165 e. The minimum atomic E-state index is -0.624. The van der Waals surface area contributed by atoms with Crippen LogP contribution in [-0.4, -0.2) is 24.4 Å². The van der Waals surface area contributed by atoms with Crippen LogP contribution in [0.25, 0.3) is 0 Å². The Morgan fingerprint density at radius 2 is 1.90 bits per heavy atom. The number of benzene rings is 1. The van der Waals surface area contributed by atoms with Crippen molar-refractivity contribution >= 4 is 0 Å². The number of methoxy groups -OCH3 is 1. The number of hydrogen-bond donors (Lipinski definition) is 2. The second kappa shape index (κ2) is 6.32. The van der Waals surface area contributed by atoms with Gasteiger partial charge in [0, 0.05) is 13.1 Å². The van der Waals surface area contributed by atoms with E-state index in [2.05, 4.69) is 19.2 Å². The molecule has 0 saturated heterocycles. The van der Waals surface area contributed by atoms with Gasteiger partial charge in [-0.3, -0.25) is 0 Å². The summed E-state index contributed by atoms with van der Waals surface area (Å²) in [5.74, 6) is -0.0955. The molecule has 1 aliphatic rings. The van der Waals surface area contributed by atoms with E-state index in [0.717, 1.165) is 31.2 Å². The quantitative estimate of drug-likeness (QED) is 0.876. The van der Waals surface area contributed by atoms with Gasteiger partial charge in [0.15, 0.2) is 11.6 Å². The third-order valence-corrected chi connectivity index (χ3v) is 4.53. The van der Waals surface area contributed by atoms with Gasteiger partial charge in [0.25, 0.3) is 0 Å². The van der Waals surface area contributed by atoms with E-state index in [-0.39, 0.29) is 11.6 Å². The van der Waals surface area contributed by atoms with Crippen LogP contribution in [0.1, 0.15) is 45.1 Å². The monoisotopic (exact) mass is 295 g/mol. The molecule has 0 aromatic heterocycles. The highest BCUT2D eigenvalue weighted by molar-refractivity contribution is 5.29. The van der Waals surface area contributed by atoms with E-state index in [9.17, 15) is 9.50 Å². The van der Waals surface area contributed by atoms with Crippen LogP contribution in [0.15, 0.2) is 18.2 Å². The van der Waals surface area contributed by atoms with Crippen LogP contribution < -0.4 is 10.1 Å². The maximum absolute atomic E-state index is 13.6. The summed E-state index contributed by atoms with van der Waals surface area (Å²) in [6.07, 6.45) is 3.73. The van der Waals surface area contributed by atoms with Gasteiger partial charge in [-0.15, -0.1) is 0 Å². The van der Waals surface area contributed by atoms with Crippen LogP contribution in [0.3, 0.4) is 0 Å². The molecule has 118 valence electrons. The van der Waals surface area contributed by atoms with E-state index in [1.165, 1.54) is 13.2 Å². The largest absolute Gasteiger partial charge is 0.494 e. The molecule has 2 rings (SSSR count). The van der Waals surface area contributed by atoms with Crippen molar-refractivity contribution in [2.24, 2.45) is 5.41 Å². The molecule has 3 nitrogen and oxygen atoms in total.